The zero-order valence-electron chi connectivity index (χ0n) is 31.1. The molecule has 0 spiro atoms. The number of nitrogens with zero attached hydrogens (tertiary/aromatic N) is 2. The highest BCUT2D eigenvalue weighted by Crippen LogP contribution is 2.27. The SMILES string of the molecule is CCCN(CC(=O)Nc1ccc(/C=C/c2ccc(NC(=O)[C@@H]3C[C@@H](OC(C)(C)C)CN3C(=O)Cc3ccccc3)cc2)cc1)C(=O)Cc1ccccc1. The Morgan fingerprint density at radius 2 is 1.28 bits per heavy atom. The average molecular weight is 715 g/mol. The van der Waals surface area contributed by atoms with Crippen molar-refractivity contribution in [3.8, 4) is 0 Å². The Morgan fingerprint density at radius 1 is 0.755 bits per heavy atom. The topological polar surface area (TPSA) is 108 Å². The Bertz CT molecular complexity index is 1850. The number of ether oxygens (including phenoxy) is 1. The minimum absolute atomic E-state index is 0.00492. The van der Waals surface area contributed by atoms with Gasteiger partial charge in [-0.05, 0) is 73.7 Å². The van der Waals surface area contributed by atoms with E-state index in [2.05, 4.69) is 10.6 Å². The zero-order chi connectivity index (χ0) is 37.8. The van der Waals surface area contributed by atoms with Gasteiger partial charge in [0, 0.05) is 30.9 Å². The summed E-state index contributed by atoms with van der Waals surface area (Å²) in [5, 5.41) is 5.91. The number of benzene rings is 4. The molecule has 0 radical (unpaired) electrons. The van der Waals surface area contributed by atoms with Gasteiger partial charge in [-0.15, -0.1) is 0 Å². The number of rotatable bonds is 14. The third-order valence-corrected chi connectivity index (χ3v) is 8.82. The minimum atomic E-state index is -0.636. The molecule has 9 heteroatoms. The van der Waals surface area contributed by atoms with Gasteiger partial charge in [0.1, 0.15) is 6.04 Å². The van der Waals surface area contributed by atoms with Crippen LogP contribution in [0.4, 0.5) is 11.4 Å². The van der Waals surface area contributed by atoms with E-state index in [1.807, 2.05) is 149 Å². The summed E-state index contributed by atoms with van der Waals surface area (Å²) < 4.78 is 6.20. The normalized spacial score (nSPS) is 15.7. The molecule has 0 unspecified atom stereocenters. The molecular formula is C44H50N4O5. The van der Waals surface area contributed by atoms with E-state index in [1.165, 1.54) is 0 Å². The molecule has 1 saturated heterocycles. The minimum Gasteiger partial charge on any atom is -0.371 e. The third-order valence-electron chi connectivity index (χ3n) is 8.82. The molecule has 0 aromatic heterocycles. The van der Waals surface area contributed by atoms with Crippen molar-refractivity contribution in [2.75, 3.05) is 30.3 Å². The van der Waals surface area contributed by atoms with Gasteiger partial charge in [0.15, 0.2) is 0 Å². The summed E-state index contributed by atoms with van der Waals surface area (Å²) in [6, 6.07) is 33.5. The summed E-state index contributed by atoms with van der Waals surface area (Å²) in [6.07, 6.45) is 5.37. The first-order chi connectivity index (χ1) is 25.5. The monoisotopic (exact) mass is 714 g/mol. The van der Waals surface area contributed by atoms with Crippen LogP contribution in [0.3, 0.4) is 0 Å². The number of anilines is 2. The predicted molar refractivity (Wildman–Crippen MR) is 211 cm³/mol. The number of hydrogen-bond donors (Lipinski definition) is 2. The van der Waals surface area contributed by atoms with Crippen LogP contribution in [-0.2, 0) is 36.8 Å². The lowest BCUT2D eigenvalue weighted by Crippen LogP contribution is -2.44. The van der Waals surface area contributed by atoms with Gasteiger partial charge >= 0.3 is 0 Å². The second-order valence-electron chi connectivity index (χ2n) is 14.4. The molecule has 4 amide bonds. The first-order valence-corrected chi connectivity index (χ1v) is 18.3. The standard InChI is InChI=1S/C44H50N4O5/c1-5-26-47(41(50)27-34-12-8-6-9-13-34)31-40(49)45-36-22-18-32(19-23-36)16-17-33-20-24-37(25-21-33)46-43(52)39-29-38(53-44(2,3)4)30-48(39)42(51)28-35-14-10-7-11-15-35/h6-25,38-39H,5,26-31H2,1-4H3,(H,45,49)(H,46,52)/b17-16+/t38-,39+/m1/s1. The lowest BCUT2D eigenvalue weighted by Gasteiger charge is -2.25. The molecule has 0 bridgehead atoms. The van der Waals surface area contributed by atoms with E-state index in [-0.39, 0.29) is 49.1 Å². The highest BCUT2D eigenvalue weighted by molar-refractivity contribution is 5.98. The van der Waals surface area contributed by atoms with Gasteiger partial charge in [-0.25, -0.2) is 0 Å². The van der Waals surface area contributed by atoms with Crippen LogP contribution in [0.15, 0.2) is 109 Å². The van der Waals surface area contributed by atoms with E-state index < -0.39 is 11.6 Å². The fourth-order valence-corrected chi connectivity index (χ4v) is 6.37. The van der Waals surface area contributed by atoms with Gasteiger partial charge in [-0.3, -0.25) is 19.2 Å². The molecule has 0 saturated carbocycles. The number of carbonyl (C=O) groups is 4. The maximum absolute atomic E-state index is 13.5. The van der Waals surface area contributed by atoms with Crippen LogP contribution in [-0.4, -0.2) is 70.8 Å². The van der Waals surface area contributed by atoms with Crippen LogP contribution in [0.1, 0.15) is 62.8 Å². The summed E-state index contributed by atoms with van der Waals surface area (Å²) in [6.45, 7) is 8.79. The van der Waals surface area contributed by atoms with Crippen molar-refractivity contribution in [3.63, 3.8) is 0 Å². The maximum atomic E-state index is 13.5. The summed E-state index contributed by atoms with van der Waals surface area (Å²) in [5.74, 6) is -0.654. The molecule has 0 aliphatic carbocycles. The molecule has 1 heterocycles. The van der Waals surface area contributed by atoms with Crippen LogP contribution < -0.4 is 10.6 Å². The van der Waals surface area contributed by atoms with Gasteiger partial charge in [0.25, 0.3) is 0 Å². The second-order valence-corrected chi connectivity index (χ2v) is 14.4. The van der Waals surface area contributed by atoms with Crippen LogP contribution in [0.5, 0.6) is 0 Å². The van der Waals surface area contributed by atoms with Crippen molar-refractivity contribution in [2.45, 2.75) is 71.1 Å². The van der Waals surface area contributed by atoms with Crippen molar-refractivity contribution in [2.24, 2.45) is 0 Å². The molecule has 1 fully saturated rings. The lowest BCUT2D eigenvalue weighted by atomic mass is 10.1. The molecule has 276 valence electrons. The van der Waals surface area contributed by atoms with E-state index in [9.17, 15) is 19.2 Å². The van der Waals surface area contributed by atoms with Crippen molar-refractivity contribution in [3.05, 3.63) is 131 Å². The quantitative estimate of drug-likeness (QED) is 0.134. The number of amides is 4. The Kier molecular flexibility index (Phi) is 13.3. The van der Waals surface area contributed by atoms with Crippen LogP contribution in [0.25, 0.3) is 12.2 Å². The van der Waals surface area contributed by atoms with Crippen LogP contribution >= 0.6 is 0 Å². The summed E-state index contributed by atoms with van der Waals surface area (Å²) in [7, 11) is 0. The fourth-order valence-electron chi connectivity index (χ4n) is 6.37. The largest absolute Gasteiger partial charge is 0.371 e. The van der Waals surface area contributed by atoms with Crippen molar-refractivity contribution >= 4 is 47.2 Å². The number of hydrogen-bond acceptors (Lipinski definition) is 5. The van der Waals surface area contributed by atoms with Crippen LogP contribution in [0, 0.1) is 0 Å². The van der Waals surface area contributed by atoms with E-state index in [1.54, 1.807) is 9.80 Å². The molecule has 9 nitrogen and oxygen atoms in total. The molecule has 2 atom stereocenters. The summed E-state index contributed by atoms with van der Waals surface area (Å²) >= 11 is 0. The van der Waals surface area contributed by atoms with Crippen molar-refractivity contribution in [1.82, 2.24) is 9.80 Å². The van der Waals surface area contributed by atoms with Crippen molar-refractivity contribution in [1.29, 1.82) is 0 Å². The molecule has 1 aliphatic rings. The predicted octanol–water partition coefficient (Wildman–Crippen LogP) is 7.24. The fraction of sp³-hybridized carbons (Fsp3) is 0.318. The Morgan fingerprint density at radius 3 is 1.81 bits per heavy atom. The van der Waals surface area contributed by atoms with E-state index in [0.29, 0.717) is 30.9 Å². The first kappa shape index (κ1) is 38.7. The van der Waals surface area contributed by atoms with Gasteiger partial charge in [-0.2, -0.15) is 0 Å². The Balaban J connectivity index is 1.14. The number of carbonyl (C=O) groups excluding carboxylic acids is 4. The molecule has 4 aromatic carbocycles. The molecule has 1 aliphatic heterocycles. The van der Waals surface area contributed by atoms with E-state index >= 15 is 0 Å². The maximum Gasteiger partial charge on any atom is 0.247 e. The molecule has 4 aromatic rings. The molecular weight excluding hydrogens is 665 g/mol. The van der Waals surface area contributed by atoms with Gasteiger partial charge in [0.05, 0.1) is 31.1 Å². The van der Waals surface area contributed by atoms with E-state index in [4.69, 9.17) is 4.74 Å². The van der Waals surface area contributed by atoms with E-state index in [0.717, 1.165) is 28.7 Å². The van der Waals surface area contributed by atoms with Gasteiger partial charge < -0.3 is 25.2 Å². The summed E-state index contributed by atoms with van der Waals surface area (Å²) in [5.41, 5.74) is 4.61. The number of nitrogens with one attached hydrogen (secondary N) is 2. The highest BCUT2D eigenvalue weighted by Gasteiger charge is 2.41. The zero-order valence-corrected chi connectivity index (χ0v) is 31.1. The first-order valence-electron chi connectivity index (χ1n) is 18.3. The average Bonchev–Trinajstić information content (AvgIpc) is 3.55. The lowest BCUT2D eigenvalue weighted by molar-refractivity contribution is -0.136. The molecule has 2 N–H and O–H groups in total. The third kappa shape index (κ3) is 12.0. The van der Waals surface area contributed by atoms with Gasteiger partial charge in [-0.1, -0.05) is 104 Å². The smallest absolute Gasteiger partial charge is 0.247 e. The highest BCUT2D eigenvalue weighted by atomic mass is 16.5. The van der Waals surface area contributed by atoms with Crippen LogP contribution in [0.2, 0.25) is 0 Å². The molecule has 53 heavy (non-hydrogen) atoms. The Labute approximate surface area is 313 Å². The van der Waals surface area contributed by atoms with Crippen molar-refractivity contribution < 1.29 is 23.9 Å². The second kappa shape index (κ2) is 18.3. The molecule has 5 rings (SSSR count). The summed E-state index contributed by atoms with van der Waals surface area (Å²) in [4.78, 5) is 55.9. The Hall–Kier alpha value is -5.54. The van der Waals surface area contributed by atoms with Gasteiger partial charge in [0.2, 0.25) is 23.6 Å². The number of likely N-dealkylation sites (tertiary alicyclic amines) is 1.